The smallest absolute Gasteiger partial charge is 0.0670 e. The maximum atomic E-state index is 10.7. The molecule has 118 valence electrons. The standard InChI is InChI=1S/C16H22N2O.2ClH/c19-16-8-12-5-13(9-16)7-15(6-12,11-16)18-10-14-3-1-2-4-17-14;;/h1-4,12-13,18-19H,5-11H2;2*1H. The van der Waals surface area contributed by atoms with Gasteiger partial charge in [-0.1, -0.05) is 6.07 Å². The van der Waals surface area contributed by atoms with Crippen LogP contribution in [-0.4, -0.2) is 21.2 Å². The summed E-state index contributed by atoms with van der Waals surface area (Å²) in [5.41, 5.74) is 0.905. The molecule has 5 rings (SSSR count). The minimum Gasteiger partial charge on any atom is -0.390 e. The number of hydrogen-bond acceptors (Lipinski definition) is 3. The van der Waals surface area contributed by atoms with Crippen LogP contribution in [0.5, 0.6) is 0 Å². The molecule has 0 aromatic carbocycles. The lowest BCUT2D eigenvalue weighted by Crippen LogP contribution is -2.64. The van der Waals surface area contributed by atoms with Crippen molar-refractivity contribution in [2.45, 2.75) is 56.2 Å². The molecule has 1 aromatic heterocycles. The van der Waals surface area contributed by atoms with Crippen LogP contribution in [0.1, 0.15) is 44.2 Å². The molecule has 2 atom stereocenters. The van der Waals surface area contributed by atoms with Crippen molar-refractivity contribution in [2.24, 2.45) is 11.8 Å². The highest BCUT2D eigenvalue weighted by Gasteiger charge is 2.56. The Kier molecular flexibility index (Phi) is 4.89. The summed E-state index contributed by atoms with van der Waals surface area (Å²) in [7, 11) is 0. The van der Waals surface area contributed by atoms with Crippen molar-refractivity contribution >= 4 is 24.8 Å². The van der Waals surface area contributed by atoms with Crippen molar-refractivity contribution in [1.82, 2.24) is 10.3 Å². The highest BCUT2D eigenvalue weighted by molar-refractivity contribution is 5.85. The number of hydrogen-bond donors (Lipinski definition) is 2. The number of aromatic nitrogens is 1. The lowest BCUT2D eigenvalue weighted by molar-refractivity contribution is -0.142. The summed E-state index contributed by atoms with van der Waals surface area (Å²) in [5.74, 6) is 1.48. The van der Waals surface area contributed by atoms with Gasteiger partial charge in [-0.15, -0.1) is 24.8 Å². The van der Waals surface area contributed by atoms with Gasteiger partial charge in [0.15, 0.2) is 0 Å². The van der Waals surface area contributed by atoms with E-state index in [0.717, 1.165) is 43.3 Å². The molecule has 4 fully saturated rings. The normalized spacial score (nSPS) is 39.5. The molecule has 0 spiro atoms. The summed E-state index contributed by atoms with van der Waals surface area (Å²) in [5, 5.41) is 14.5. The van der Waals surface area contributed by atoms with Gasteiger partial charge in [0.05, 0.1) is 11.3 Å². The van der Waals surface area contributed by atoms with Crippen molar-refractivity contribution in [1.29, 1.82) is 0 Å². The van der Waals surface area contributed by atoms with E-state index in [9.17, 15) is 5.11 Å². The summed E-state index contributed by atoms with van der Waals surface area (Å²) >= 11 is 0. The maximum Gasteiger partial charge on any atom is 0.0670 e. The molecule has 4 aliphatic rings. The first-order valence-corrected chi connectivity index (χ1v) is 7.52. The zero-order valence-corrected chi connectivity index (χ0v) is 13.8. The number of halogens is 2. The Bertz CT molecular complexity index is 468. The largest absolute Gasteiger partial charge is 0.390 e. The zero-order chi connectivity index (χ0) is 12.9. The summed E-state index contributed by atoms with van der Waals surface area (Å²) in [6.45, 7) is 0.830. The second-order valence-corrected chi connectivity index (χ2v) is 7.14. The van der Waals surface area contributed by atoms with Crippen molar-refractivity contribution in [3.05, 3.63) is 30.1 Å². The van der Waals surface area contributed by atoms with Crippen LogP contribution in [0.4, 0.5) is 0 Å². The van der Waals surface area contributed by atoms with Gasteiger partial charge in [-0.05, 0) is 62.5 Å². The third-order valence-corrected chi connectivity index (χ3v) is 5.40. The summed E-state index contributed by atoms with van der Waals surface area (Å²) in [6.07, 6.45) is 8.71. The van der Waals surface area contributed by atoms with E-state index in [2.05, 4.69) is 16.4 Å². The van der Waals surface area contributed by atoms with Crippen molar-refractivity contribution in [3.8, 4) is 0 Å². The third kappa shape index (κ3) is 3.21. The fourth-order valence-electron chi connectivity index (χ4n) is 5.20. The van der Waals surface area contributed by atoms with Crippen LogP contribution < -0.4 is 5.32 Å². The van der Waals surface area contributed by atoms with Crippen LogP contribution in [0, 0.1) is 11.8 Å². The Balaban J connectivity index is 0.000000807. The number of aliphatic hydroxyl groups is 1. The molecule has 3 nitrogen and oxygen atoms in total. The predicted octanol–water partition coefficient (Wildman–Crippen LogP) is 3.10. The Morgan fingerprint density at radius 3 is 2.43 bits per heavy atom. The van der Waals surface area contributed by atoms with Gasteiger partial charge in [0.2, 0.25) is 0 Å². The summed E-state index contributed by atoms with van der Waals surface area (Å²) in [6, 6.07) is 6.07. The first-order valence-electron chi connectivity index (χ1n) is 7.52. The minimum absolute atomic E-state index is 0. The monoisotopic (exact) mass is 330 g/mol. The van der Waals surface area contributed by atoms with E-state index in [-0.39, 0.29) is 36.0 Å². The number of pyridine rings is 1. The van der Waals surface area contributed by atoms with Crippen LogP contribution >= 0.6 is 24.8 Å². The lowest BCUT2D eigenvalue weighted by Gasteiger charge is -2.60. The van der Waals surface area contributed by atoms with Crippen LogP contribution in [-0.2, 0) is 6.54 Å². The summed E-state index contributed by atoms with van der Waals surface area (Å²) < 4.78 is 0. The second-order valence-electron chi connectivity index (χ2n) is 7.14. The zero-order valence-electron chi connectivity index (χ0n) is 12.1. The van der Waals surface area contributed by atoms with Crippen LogP contribution in [0.3, 0.4) is 0 Å². The minimum atomic E-state index is -0.374. The van der Waals surface area contributed by atoms with E-state index in [1.54, 1.807) is 0 Å². The topological polar surface area (TPSA) is 45.1 Å². The van der Waals surface area contributed by atoms with Crippen molar-refractivity contribution in [3.63, 3.8) is 0 Å². The van der Waals surface area contributed by atoms with Gasteiger partial charge in [0.25, 0.3) is 0 Å². The molecule has 1 heterocycles. The van der Waals surface area contributed by atoms with Gasteiger partial charge in [0, 0.05) is 18.3 Å². The number of rotatable bonds is 3. The number of nitrogens with zero attached hydrogens (tertiary/aromatic N) is 1. The van der Waals surface area contributed by atoms with E-state index >= 15 is 0 Å². The van der Waals surface area contributed by atoms with E-state index in [4.69, 9.17) is 0 Å². The molecule has 0 amide bonds. The molecule has 4 bridgehead atoms. The fourth-order valence-corrected chi connectivity index (χ4v) is 5.20. The van der Waals surface area contributed by atoms with Crippen LogP contribution in [0.15, 0.2) is 24.4 Å². The van der Waals surface area contributed by atoms with E-state index in [1.807, 2.05) is 18.3 Å². The average Bonchev–Trinajstić information content (AvgIpc) is 2.35. The fraction of sp³-hybridized carbons (Fsp3) is 0.688. The quantitative estimate of drug-likeness (QED) is 0.895. The molecule has 1 aromatic rings. The Morgan fingerprint density at radius 1 is 1.14 bits per heavy atom. The number of nitrogens with one attached hydrogen (secondary N) is 1. The molecule has 0 radical (unpaired) electrons. The molecule has 0 saturated heterocycles. The van der Waals surface area contributed by atoms with Gasteiger partial charge in [-0.25, -0.2) is 0 Å². The maximum absolute atomic E-state index is 10.7. The first-order chi connectivity index (χ1) is 9.15. The van der Waals surface area contributed by atoms with Crippen molar-refractivity contribution in [2.75, 3.05) is 0 Å². The second kappa shape index (κ2) is 6.04. The molecule has 5 heteroatoms. The van der Waals surface area contributed by atoms with Gasteiger partial charge < -0.3 is 10.4 Å². The molecule has 2 unspecified atom stereocenters. The van der Waals surface area contributed by atoms with Crippen LogP contribution in [0.25, 0.3) is 0 Å². The molecule has 0 aliphatic heterocycles. The van der Waals surface area contributed by atoms with E-state index in [0.29, 0.717) is 0 Å². The van der Waals surface area contributed by atoms with Crippen LogP contribution in [0.2, 0.25) is 0 Å². The molecule has 2 N–H and O–H groups in total. The van der Waals surface area contributed by atoms with Crippen molar-refractivity contribution < 1.29 is 5.11 Å². The predicted molar refractivity (Wildman–Crippen MR) is 87.9 cm³/mol. The molecule has 21 heavy (non-hydrogen) atoms. The highest BCUT2D eigenvalue weighted by atomic mass is 35.5. The van der Waals surface area contributed by atoms with E-state index < -0.39 is 0 Å². The third-order valence-electron chi connectivity index (χ3n) is 5.40. The Morgan fingerprint density at radius 2 is 1.86 bits per heavy atom. The Labute approximate surface area is 138 Å². The molecular weight excluding hydrogens is 307 g/mol. The van der Waals surface area contributed by atoms with Gasteiger partial charge in [-0.3, -0.25) is 4.98 Å². The lowest BCUT2D eigenvalue weighted by atomic mass is 9.51. The van der Waals surface area contributed by atoms with E-state index in [1.165, 1.54) is 19.3 Å². The molecule has 4 saturated carbocycles. The van der Waals surface area contributed by atoms with Gasteiger partial charge >= 0.3 is 0 Å². The first kappa shape index (κ1) is 17.0. The highest BCUT2D eigenvalue weighted by Crippen LogP contribution is 2.57. The Hall–Kier alpha value is -0.350. The molecule has 4 aliphatic carbocycles. The average molecular weight is 331 g/mol. The summed E-state index contributed by atoms with van der Waals surface area (Å²) in [4.78, 5) is 4.39. The van der Waals surface area contributed by atoms with Gasteiger partial charge in [0.1, 0.15) is 0 Å². The SMILES string of the molecule is Cl.Cl.OC12CC3CC(C1)CC(NCc1ccccn1)(C3)C2. The molecular formula is C16H24Cl2N2O. The van der Waals surface area contributed by atoms with Gasteiger partial charge in [-0.2, -0.15) is 0 Å².